The lowest BCUT2D eigenvalue weighted by atomic mass is 10.2. The summed E-state index contributed by atoms with van der Waals surface area (Å²) in [5, 5.41) is 0.883. The van der Waals surface area contributed by atoms with Crippen molar-refractivity contribution >= 4 is 28.4 Å². The molecule has 1 heterocycles. The average molecular weight is 390 g/mol. The first-order valence-electron chi connectivity index (χ1n) is 8.31. The monoisotopic (exact) mass is 389 g/mol. The maximum atomic E-state index is 13.6. The highest BCUT2D eigenvalue weighted by Gasteiger charge is 2.16. The predicted molar refractivity (Wildman–Crippen MR) is 100 cm³/mol. The number of nitrogens with zero attached hydrogens (tertiary/aromatic N) is 2. The fourth-order valence-corrected chi connectivity index (χ4v) is 2.75. The van der Waals surface area contributed by atoms with E-state index in [1.54, 1.807) is 31.2 Å². The molecule has 1 amide bonds. The van der Waals surface area contributed by atoms with E-state index < -0.39 is 5.82 Å². The van der Waals surface area contributed by atoms with Crippen molar-refractivity contribution in [1.29, 1.82) is 0 Å². The second kappa shape index (κ2) is 8.18. The Labute approximate surface area is 159 Å². The van der Waals surface area contributed by atoms with Crippen LogP contribution in [0.3, 0.4) is 0 Å². The molecule has 0 atom stereocenters. The molecule has 3 rings (SSSR count). The summed E-state index contributed by atoms with van der Waals surface area (Å²) in [7, 11) is 0. The molecule has 0 aliphatic carbocycles. The lowest BCUT2D eigenvalue weighted by molar-refractivity contribution is -0.133. The van der Waals surface area contributed by atoms with Crippen LogP contribution in [-0.2, 0) is 11.3 Å². The number of carbonyl (C=O) groups is 1. The summed E-state index contributed by atoms with van der Waals surface area (Å²) in [6.45, 7) is 1.93. The fraction of sp³-hybridized carbons (Fsp3) is 0.211. The number of fused-ring (bicyclic) bond motifs is 1. The molecule has 27 heavy (non-hydrogen) atoms. The van der Waals surface area contributed by atoms with E-state index in [2.05, 4.69) is 9.97 Å². The van der Waals surface area contributed by atoms with E-state index in [4.69, 9.17) is 16.3 Å². The first kappa shape index (κ1) is 18.8. The molecule has 0 radical (unpaired) electrons. The van der Waals surface area contributed by atoms with Crippen molar-refractivity contribution in [3.8, 4) is 5.75 Å². The molecular weight excluding hydrogens is 373 g/mol. The number of para-hydroxylation sites is 1. The number of aromatic nitrogens is 2. The van der Waals surface area contributed by atoms with Crippen molar-refractivity contribution in [3.63, 3.8) is 0 Å². The molecule has 0 bridgehead atoms. The van der Waals surface area contributed by atoms with E-state index in [1.165, 1.54) is 23.1 Å². The summed E-state index contributed by atoms with van der Waals surface area (Å²) >= 11 is 5.96. The van der Waals surface area contributed by atoms with Crippen LogP contribution < -0.4 is 10.3 Å². The van der Waals surface area contributed by atoms with E-state index in [9.17, 15) is 14.0 Å². The molecule has 0 aliphatic heterocycles. The molecule has 8 heteroatoms. The average Bonchev–Trinajstić information content (AvgIpc) is 2.64. The van der Waals surface area contributed by atoms with Crippen molar-refractivity contribution < 1.29 is 13.9 Å². The molecule has 140 valence electrons. The predicted octanol–water partition coefficient (Wildman–Crippen LogP) is 3.14. The number of halogens is 2. The van der Waals surface area contributed by atoms with Crippen LogP contribution in [0.4, 0.5) is 4.39 Å². The molecule has 2 aromatic carbocycles. The summed E-state index contributed by atoms with van der Waals surface area (Å²) in [4.78, 5) is 33.1. The van der Waals surface area contributed by atoms with Crippen LogP contribution in [0.5, 0.6) is 5.75 Å². The van der Waals surface area contributed by atoms with Gasteiger partial charge >= 0.3 is 0 Å². The summed E-state index contributed by atoms with van der Waals surface area (Å²) in [6.07, 6.45) is 0. The molecular formula is C19H17ClFN3O3. The van der Waals surface area contributed by atoms with Gasteiger partial charge in [-0.15, -0.1) is 0 Å². The second-order valence-electron chi connectivity index (χ2n) is 5.80. The standard InChI is InChI=1S/C19H17ClFN3O3/c1-2-24(18(25)11-27-16-6-4-3-5-14(16)21)10-17-22-15-9-12(20)7-8-13(15)19(26)23-17/h3-9H,2,10-11H2,1H3,(H,22,23,26). The number of hydrogen-bond acceptors (Lipinski definition) is 4. The second-order valence-corrected chi connectivity index (χ2v) is 6.24. The lowest BCUT2D eigenvalue weighted by Crippen LogP contribution is -2.35. The number of amides is 1. The number of ether oxygens (including phenoxy) is 1. The molecule has 0 fully saturated rings. The number of H-pyrrole nitrogens is 1. The minimum atomic E-state index is -0.536. The van der Waals surface area contributed by atoms with Gasteiger partial charge in [-0.25, -0.2) is 9.37 Å². The van der Waals surface area contributed by atoms with Crippen LogP contribution in [0.25, 0.3) is 10.9 Å². The molecule has 0 saturated heterocycles. The Morgan fingerprint density at radius 3 is 2.81 bits per heavy atom. The number of carbonyl (C=O) groups excluding carboxylic acids is 1. The van der Waals surface area contributed by atoms with E-state index >= 15 is 0 Å². The molecule has 6 nitrogen and oxygen atoms in total. The summed E-state index contributed by atoms with van der Waals surface area (Å²) < 4.78 is 18.8. The molecule has 0 aliphatic rings. The number of benzene rings is 2. The number of aromatic amines is 1. The molecule has 0 spiro atoms. The third-order valence-corrected chi connectivity index (χ3v) is 4.22. The Morgan fingerprint density at radius 1 is 1.30 bits per heavy atom. The van der Waals surface area contributed by atoms with Crippen molar-refractivity contribution in [3.05, 3.63) is 69.5 Å². The maximum absolute atomic E-state index is 13.6. The smallest absolute Gasteiger partial charge is 0.260 e. The third-order valence-electron chi connectivity index (χ3n) is 3.98. The molecule has 1 N–H and O–H groups in total. The first-order chi connectivity index (χ1) is 13.0. The van der Waals surface area contributed by atoms with E-state index in [-0.39, 0.29) is 30.4 Å². The zero-order valence-corrected chi connectivity index (χ0v) is 15.3. The van der Waals surface area contributed by atoms with Gasteiger partial charge in [0.05, 0.1) is 17.4 Å². The van der Waals surface area contributed by atoms with Gasteiger partial charge in [0.25, 0.3) is 11.5 Å². The lowest BCUT2D eigenvalue weighted by Gasteiger charge is -2.20. The van der Waals surface area contributed by atoms with Gasteiger partial charge in [-0.05, 0) is 37.3 Å². The van der Waals surface area contributed by atoms with Crippen LogP contribution in [0, 0.1) is 5.82 Å². The van der Waals surface area contributed by atoms with Gasteiger partial charge in [-0.2, -0.15) is 0 Å². The van der Waals surface area contributed by atoms with E-state index in [0.29, 0.717) is 28.3 Å². The zero-order chi connectivity index (χ0) is 19.4. The fourth-order valence-electron chi connectivity index (χ4n) is 2.59. The van der Waals surface area contributed by atoms with Crippen molar-refractivity contribution in [2.75, 3.05) is 13.2 Å². The molecule has 1 aromatic heterocycles. The minimum Gasteiger partial charge on any atom is -0.481 e. The SMILES string of the molecule is CCN(Cc1nc2cc(Cl)ccc2c(=O)[nH]1)C(=O)COc1ccccc1F. The van der Waals surface area contributed by atoms with Crippen LogP contribution >= 0.6 is 11.6 Å². The minimum absolute atomic E-state index is 0.00813. The summed E-state index contributed by atoms with van der Waals surface area (Å²) in [5.41, 5.74) is 0.144. The van der Waals surface area contributed by atoms with Gasteiger partial charge < -0.3 is 14.6 Å². The highest BCUT2D eigenvalue weighted by Crippen LogP contribution is 2.16. The van der Waals surface area contributed by atoms with Gasteiger partial charge in [0.1, 0.15) is 5.82 Å². The van der Waals surface area contributed by atoms with Crippen LogP contribution in [0.15, 0.2) is 47.3 Å². The highest BCUT2D eigenvalue weighted by atomic mass is 35.5. The van der Waals surface area contributed by atoms with Crippen LogP contribution in [0.1, 0.15) is 12.7 Å². The quantitative estimate of drug-likeness (QED) is 0.702. The van der Waals surface area contributed by atoms with Crippen LogP contribution in [0.2, 0.25) is 5.02 Å². The van der Waals surface area contributed by atoms with Gasteiger partial charge in [0, 0.05) is 11.6 Å². The first-order valence-corrected chi connectivity index (χ1v) is 8.69. The molecule has 3 aromatic rings. The Kier molecular flexibility index (Phi) is 5.71. The Morgan fingerprint density at radius 2 is 2.07 bits per heavy atom. The van der Waals surface area contributed by atoms with Crippen molar-refractivity contribution in [2.24, 2.45) is 0 Å². The summed E-state index contributed by atoms with van der Waals surface area (Å²) in [5.74, 6) is -0.551. The van der Waals surface area contributed by atoms with Gasteiger partial charge in [0.2, 0.25) is 0 Å². The molecule has 0 unspecified atom stereocenters. The van der Waals surface area contributed by atoms with Gasteiger partial charge in [-0.1, -0.05) is 23.7 Å². The number of rotatable bonds is 6. The zero-order valence-electron chi connectivity index (χ0n) is 14.5. The number of nitrogens with one attached hydrogen (secondary N) is 1. The highest BCUT2D eigenvalue weighted by molar-refractivity contribution is 6.31. The normalized spacial score (nSPS) is 10.8. The summed E-state index contributed by atoms with van der Waals surface area (Å²) in [6, 6.07) is 10.7. The van der Waals surface area contributed by atoms with Crippen molar-refractivity contribution in [1.82, 2.24) is 14.9 Å². The number of likely N-dealkylation sites (N-methyl/N-ethyl adjacent to an activating group) is 1. The Hall–Kier alpha value is -2.93. The van der Waals surface area contributed by atoms with Crippen molar-refractivity contribution in [2.45, 2.75) is 13.5 Å². The van der Waals surface area contributed by atoms with Gasteiger partial charge in [0.15, 0.2) is 18.2 Å². The van der Waals surface area contributed by atoms with Gasteiger partial charge in [-0.3, -0.25) is 9.59 Å². The van der Waals surface area contributed by atoms with E-state index in [0.717, 1.165) is 0 Å². The topological polar surface area (TPSA) is 75.3 Å². The third kappa shape index (κ3) is 4.43. The largest absolute Gasteiger partial charge is 0.481 e. The van der Waals surface area contributed by atoms with E-state index in [1.807, 2.05) is 0 Å². The molecule has 0 saturated carbocycles. The Bertz CT molecular complexity index is 1040. The van der Waals surface area contributed by atoms with Crippen LogP contribution in [-0.4, -0.2) is 33.9 Å². The number of hydrogen-bond donors (Lipinski definition) is 1. The Balaban J connectivity index is 1.74. The maximum Gasteiger partial charge on any atom is 0.260 e.